The van der Waals surface area contributed by atoms with Gasteiger partial charge in [0.15, 0.2) is 11.6 Å². The monoisotopic (exact) mass is 307 g/mol. The van der Waals surface area contributed by atoms with Crippen molar-refractivity contribution in [2.75, 3.05) is 27.3 Å². The fourth-order valence-electron chi connectivity index (χ4n) is 3.86. The van der Waals surface area contributed by atoms with Gasteiger partial charge in [0.25, 0.3) is 5.91 Å². The highest BCUT2D eigenvalue weighted by Gasteiger charge is 2.42. The second kappa shape index (κ2) is 6.24. The minimum atomic E-state index is -0.500. The van der Waals surface area contributed by atoms with Gasteiger partial charge in [0.05, 0.1) is 13.2 Å². The number of ether oxygens (including phenoxy) is 2. The van der Waals surface area contributed by atoms with Crippen molar-refractivity contribution in [1.82, 2.24) is 4.90 Å². The van der Waals surface area contributed by atoms with E-state index in [0.29, 0.717) is 23.9 Å². The molecule has 1 amide bonds. The molecule has 1 aromatic rings. The second-order valence-corrected chi connectivity index (χ2v) is 6.19. The summed E-state index contributed by atoms with van der Waals surface area (Å²) < 4.78 is 24.3. The summed E-state index contributed by atoms with van der Waals surface area (Å²) in [5.74, 6) is 0.466. The first-order valence-electron chi connectivity index (χ1n) is 7.79. The van der Waals surface area contributed by atoms with Crippen LogP contribution in [0, 0.1) is 17.7 Å². The molecule has 0 N–H and O–H groups in total. The maximum Gasteiger partial charge on any atom is 0.253 e. The second-order valence-electron chi connectivity index (χ2n) is 6.19. The van der Waals surface area contributed by atoms with Gasteiger partial charge in [-0.15, -0.1) is 0 Å². The normalized spacial score (nSPS) is 27.6. The zero-order valence-electron chi connectivity index (χ0n) is 13.0. The van der Waals surface area contributed by atoms with Crippen LogP contribution in [0.4, 0.5) is 4.39 Å². The molecule has 22 heavy (non-hydrogen) atoms. The van der Waals surface area contributed by atoms with Crippen molar-refractivity contribution in [1.29, 1.82) is 0 Å². The molecule has 3 atom stereocenters. The number of rotatable bonds is 3. The summed E-state index contributed by atoms with van der Waals surface area (Å²) in [5.41, 5.74) is 0.380. The lowest BCUT2D eigenvalue weighted by molar-refractivity contribution is 0.0126. The van der Waals surface area contributed by atoms with Gasteiger partial charge < -0.3 is 14.4 Å². The summed E-state index contributed by atoms with van der Waals surface area (Å²) in [5, 5.41) is 0. The molecule has 0 bridgehead atoms. The molecule has 4 nitrogen and oxygen atoms in total. The van der Waals surface area contributed by atoms with Gasteiger partial charge in [-0.25, -0.2) is 4.39 Å². The Labute approximate surface area is 130 Å². The van der Waals surface area contributed by atoms with Crippen LogP contribution in [0.25, 0.3) is 0 Å². The van der Waals surface area contributed by atoms with Crippen LogP contribution in [0.15, 0.2) is 18.2 Å². The highest BCUT2D eigenvalue weighted by Crippen LogP contribution is 2.38. The molecule has 1 heterocycles. The first kappa shape index (κ1) is 15.3. The molecule has 2 aliphatic rings. The number of halogens is 1. The predicted molar refractivity (Wildman–Crippen MR) is 80.5 cm³/mol. The third kappa shape index (κ3) is 2.70. The predicted octanol–water partition coefficient (Wildman–Crippen LogP) is 2.72. The van der Waals surface area contributed by atoms with Crippen molar-refractivity contribution in [2.24, 2.45) is 11.8 Å². The maximum absolute atomic E-state index is 13.8. The Morgan fingerprint density at radius 1 is 1.27 bits per heavy atom. The maximum atomic E-state index is 13.8. The average Bonchev–Trinajstić information content (AvgIpc) is 2.98. The largest absolute Gasteiger partial charge is 0.494 e. The first-order valence-corrected chi connectivity index (χ1v) is 7.79. The molecule has 3 rings (SSSR count). The number of benzene rings is 1. The van der Waals surface area contributed by atoms with Crippen LogP contribution in [0.1, 0.15) is 29.6 Å². The van der Waals surface area contributed by atoms with Gasteiger partial charge >= 0.3 is 0 Å². The molecule has 0 radical (unpaired) electrons. The molecule has 1 aliphatic heterocycles. The number of carbonyl (C=O) groups excluding carboxylic acids is 1. The van der Waals surface area contributed by atoms with Crippen molar-refractivity contribution in [3.05, 3.63) is 29.6 Å². The molecule has 1 saturated heterocycles. The fraction of sp³-hybridized carbons (Fsp3) is 0.588. The SMILES string of the molecule is COc1ccc(C(=O)N2C[C@H]3CCC[C@@H](OC)[C@H]3C2)cc1F. The van der Waals surface area contributed by atoms with Crippen LogP contribution < -0.4 is 4.74 Å². The van der Waals surface area contributed by atoms with Crippen molar-refractivity contribution in [2.45, 2.75) is 25.4 Å². The third-order valence-corrected chi connectivity index (χ3v) is 5.02. The number of methoxy groups -OCH3 is 2. The highest BCUT2D eigenvalue weighted by molar-refractivity contribution is 5.94. The van der Waals surface area contributed by atoms with Gasteiger partial charge in [0.2, 0.25) is 0 Å². The number of fused-ring (bicyclic) bond motifs is 1. The Morgan fingerprint density at radius 3 is 2.77 bits per heavy atom. The van der Waals surface area contributed by atoms with E-state index < -0.39 is 5.82 Å². The minimum absolute atomic E-state index is 0.106. The van der Waals surface area contributed by atoms with E-state index in [9.17, 15) is 9.18 Å². The molecule has 1 aromatic carbocycles. The standard InChI is InChI=1S/C17H22FNO3/c1-21-15-5-3-4-12-9-19(10-13(12)15)17(20)11-6-7-16(22-2)14(18)8-11/h6-8,12-13,15H,3-5,9-10H2,1-2H3/t12-,13+,15-/m1/s1. The van der Waals surface area contributed by atoms with Gasteiger partial charge in [-0.05, 0) is 37.0 Å². The van der Waals surface area contributed by atoms with E-state index >= 15 is 0 Å². The van der Waals surface area contributed by atoms with E-state index in [-0.39, 0.29) is 17.8 Å². The molecule has 1 saturated carbocycles. The topological polar surface area (TPSA) is 38.8 Å². The van der Waals surface area contributed by atoms with Crippen LogP contribution >= 0.6 is 0 Å². The van der Waals surface area contributed by atoms with E-state index in [1.54, 1.807) is 13.2 Å². The quantitative estimate of drug-likeness (QED) is 0.862. The van der Waals surface area contributed by atoms with E-state index in [1.165, 1.54) is 19.2 Å². The molecular formula is C17H22FNO3. The minimum Gasteiger partial charge on any atom is -0.494 e. The summed E-state index contributed by atoms with van der Waals surface area (Å²) in [7, 11) is 3.16. The zero-order valence-corrected chi connectivity index (χ0v) is 13.0. The fourth-order valence-corrected chi connectivity index (χ4v) is 3.86. The average molecular weight is 307 g/mol. The smallest absolute Gasteiger partial charge is 0.253 e. The Morgan fingerprint density at radius 2 is 2.09 bits per heavy atom. The van der Waals surface area contributed by atoms with Crippen LogP contribution in [0.3, 0.4) is 0 Å². The molecule has 2 fully saturated rings. The lowest BCUT2D eigenvalue weighted by Crippen LogP contribution is -2.33. The Kier molecular flexibility index (Phi) is 4.34. The highest BCUT2D eigenvalue weighted by atomic mass is 19.1. The Balaban J connectivity index is 1.75. The number of likely N-dealkylation sites (tertiary alicyclic amines) is 1. The summed E-state index contributed by atoms with van der Waals surface area (Å²) in [6.45, 7) is 1.45. The number of carbonyl (C=O) groups is 1. The van der Waals surface area contributed by atoms with Gasteiger partial charge in [-0.2, -0.15) is 0 Å². The lowest BCUT2D eigenvalue weighted by atomic mass is 9.79. The zero-order chi connectivity index (χ0) is 15.7. The molecule has 0 spiro atoms. The van der Waals surface area contributed by atoms with Crippen LogP contribution in [-0.2, 0) is 4.74 Å². The summed E-state index contributed by atoms with van der Waals surface area (Å²) in [6, 6.07) is 4.39. The summed E-state index contributed by atoms with van der Waals surface area (Å²) >= 11 is 0. The Bertz CT molecular complexity index is 563. The van der Waals surface area contributed by atoms with Gasteiger partial charge in [0, 0.05) is 31.7 Å². The van der Waals surface area contributed by atoms with E-state index in [0.717, 1.165) is 25.8 Å². The molecule has 0 aromatic heterocycles. The van der Waals surface area contributed by atoms with Gasteiger partial charge in [-0.1, -0.05) is 6.42 Å². The van der Waals surface area contributed by atoms with Crippen LogP contribution in [0.5, 0.6) is 5.75 Å². The van der Waals surface area contributed by atoms with Gasteiger partial charge in [-0.3, -0.25) is 4.79 Å². The van der Waals surface area contributed by atoms with E-state index in [1.807, 2.05) is 4.90 Å². The van der Waals surface area contributed by atoms with Crippen LogP contribution in [-0.4, -0.2) is 44.2 Å². The number of hydrogen-bond donors (Lipinski definition) is 0. The molecule has 5 heteroatoms. The number of hydrogen-bond acceptors (Lipinski definition) is 3. The van der Waals surface area contributed by atoms with Crippen LogP contribution in [0.2, 0.25) is 0 Å². The van der Waals surface area contributed by atoms with Crippen molar-refractivity contribution in [3.63, 3.8) is 0 Å². The van der Waals surface area contributed by atoms with Crippen molar-refractivity contribution < 1.29 is 18.7 Å². The van der Waals surface area contributed by atoms with Crippen molar-refractivity contribution >= 4 is 5.91 Å². The first-order chi connectivity index (χ1) is 10.6. The van der Waals surface area contributed by atoms with E-state index in [2.05, 4.69) is 0 Å². The van der Waals surface area contributed by atoms with Crippen molar-refractivity contribution in [3.8, 4) is 5.75 Å². The summed E-state index contributed by atoms with van der Waals surface area (Å²) in [6.07, 6.45) is 3.60. The third-order valence-electron chi connectivity index (χ3n) is 5.02. The molecule has 120 valence electrons. The molecular weight excluding hydrogens is 285 g/mol. The molecule has 0 unspecified atom stereocenters. The summed E-state index contributed by atoms with van der Waals surface area (Å²) in [4.78, 5) is 14.5. The number of amides is 1. The number of nitrogens with zero attached hydrogens (tertiary/aromatic N) is 1. The Hall–Kier alpha value is -1.62. The van der Waals surface area contributed by atoms with E-state index in [4.69, 9.17) is 9.47 Å². The lowest BCUT2D eigenvalue weighted by Gasteiger charge is -2.31. The molecule has 1 aliphatic carbocycles. The van der Waals surface area contributed by atoms with Gasteiger partial charge in [0.1, 0.15) is 0 Å².